The number of thiazole rings is 1. The van der Waals surface area contributed by atoms with E-state index >= 15 is 0 Å². The molecular weight excluding hydrogens is 364 g/mol. The van der Waals surface area contributed by atoms with E-state index in [-0.39, 0.29) is 35.6 Å². The summed E-state index contributed by atoms with van der Waals surface area (Å²) in [6.45, 7) is 3.77. The van der Waals surface area contributed by atoms with Crippen LogP contribution in [-0.2, 0) is 21.9 Å². The topological polar surface area (TPSA) is 97.8 Å². The third-order valence-electron chi connectivity index (χ3n) is 4.33. The molecule has 0 bridgehead atoms. The Balaban J connectivity index is 1.72. The fourth-order valence-electron chi connectivity index (χ4n) is 2.94. The highest BCUT2D eigenvalue weighted by atomic mass is 32.2. The Hall–Kier alpha value is -1.78. The van der Waals surface area contributed by atoms with Crippen LogP contribution in [0.4, 0.5) is 0 Å². The number of aryl methyl sites for hydroxylation is 3. The van der Waals surface area contributed by atoms with Crippen LogP contribution in [0.15, 0.2) is 26.0 Å². The second-order valence-corrected chi connectivity index (χ2v) is 8.83. The standard InChI is InChI=1S/C15H20N4O4S2/c1-10-13(11(2)23-17-10)25(21,22)19-6-4-12(5-7-19)14(20)16-15-18(3)8-9-24-15/h8-9,12H,4-7H2,1-3H3. The van der Waals surface area contributed by atoms with Gasteiger partial charge < -0.3 is 9.09 Å². The van der Waals surface area contributed by atoms with Crippen LogP contribution in [0.3, 0.4) is 0 Å². The number of aromatic nitrogens is 2. The van der Waals surface area contributed by atoms with E-state index in [9.17, 15) is 13.2 Å². The minimum atomic E-state index is -3.65. The van der Waals surface area contributed by atoms with E-state index < -0.39 is 10.0 Å². The third-order valence-corrected chi connectivity index (χ3v) is 7.33. The van der Waals surface area contributed by atoms with Crippen molar-refractivity contribution in [3.8, 4) is 0 Å². The highest BCUT2D eigenvalue weighted by Crippen LogP contribution is 2.28. The predicted molar refractivity (Wildman–Crippen MR) is 91.3 cm³/mol. The lowest BCUT2D eigenvalue weighted by atomic mass is 9.98. The van der Waals surface area contributed by atoms with Crippen molar-refractivity contribution in [2.45, 2.75) is 31.6 Å². The maximum atomic E-state index is 12.8. The second-order valence-electron chi connectivity index (χ2n) is 6.08. The normalized spacial score (nSPS) is 18.0. The van der Waals surface area contributed by atoms with E-state index in [2.05, 4.69) is 10.1 Å². The molecule has 10 heteroatoms. The summed E-state index contributed by atoms with van der Waals surface area (Å²) >= 11 is 1.40. The van der Waals surface area contributed by atoms with Gasteiger partial charge >= 0.3 is 0 Å². The summed E-state index contributed by atoms with van der Waals surface area (Å²) in [6, 6.07) is 0. The van der Waals surface area contributed by atoms with Gasteiger partial charge in [-0.05, 0) is 26.7 Å². The monoisotopic (exact) mass is 384 g/mol. The molecule has 1 amide bonds. The molecule has 0 aliphatic carbocycles. The average molecular weight is 384 g/mol. The number of carbonyl (C=O) groups excluding carboxylic acids is 1. The highest BCUT2D eigenvalue weighted by Gasteiger charge is 2.35. The summed E-state index contributed by atoms with van der Waals surface area (Å²) in [5, 5.41) is 5.59. The Kier molecular flexibility index (Phi) is 4.94. The molecule has 0 spiro atoms. The molecule has 0 radical (unpaired) electrons. The van der Waals surface area contributed by atoms with Crippen molar-refractivity contribution in [1.29, 1.82) is 0 Å². The van der Waals surface area contributed by atoms with E-state index in [1.54, 1.807) is 18.4 Å². The molecule has 8 nitrogen and oxygen atoms in total. The number of piperidine rings is 1. The third kappa shape index (κ3) is 3.46. The minimum absolute atomic E-state index is 0.132. The minimum Gasteiger partial charge on any atom is -0.360 e. The summed E-state index contributed by atoms with van der Waals surface area (Å²) in [4.78, 5) is 17.3. The first-order chi connectivity index (χ1) is 11.8. The lowest BCUT2D eigenvalue weighted by Crippen LogP contribution is -2.40. The lowest BCUT2D eigenvalue weighted by molar-refractivity contribution is -0.122. The molecule has 1 aliphatic heterocycles. The van der Waals surface area contributed by atoms with Crippen LogP contribution in [0, 0.1) is 19.8 Å². The van der Waals surface area contributed by atoms with Crippen molar-refractivity contribution in [2.24, 2.45) is 18.0 Å². The lowest BCUT2D eigenvalue weighted by Gasteiger charge is -2.29. The van der Waals surface area contributed by atoms with Crippen LogP contribution in [-0.4, -0.2) is 41.4 Å². The van der Waals surface area contributed by atoms with Crippen molar-refractivity contribution in [3.05, 3.63) is 27.8 Å². The summed E-state index contributed by atoms with van der Waals surface area (Å²) in [7, 11) is -1.82. The van der Waals surface area contributed by atoms with E-state index in [4.69, 9.17) is 4.52 Å². The van der Waals surface area contributed by atoms with Gasteiger partial charge in [-0.3, -0.25) is 4.79 Å². The summed E-state index contributed by atoms with van der Waals surface area (Å²) in [6.07, 6.45) is 2.76. The molecule has 0 saturated carbocycles. The van der Waals surface area contributed by atoms with Gasteiger partial charge in [0.05, 0.1) is 0 Å². The van der Waals surface area contributed by atoms with Crippen molar-refractivity contribution < 1.29 is 17.7 Å². The molecule has 2 aromatic rings. The zero-order valence-electron chi connectivity index (χ0n) is 14.3. The number of amides is 1. The van der Waals surface area contributed by atoms with E-state index in [0.717, 1.165) is 0 Å². The first-order valence-electron chi connectivity index (χ1n) is 7.92. The van der Waals surface area contributed by atoms with Crippen LogP contribution < -0.4 is 4.80 Å². The quantitative estimate of drug-likeness (QED) is 0.792. The fourth-order valence-corrected chi connectivity index (χ4v) is 5.43. The largest absolute Gasteiger partial charge is 0.360 e. The van der Waals surface area contributed by atoms with Crippen LogP contribution >= 0.6 is 11.3 Å². The highest BCUT2D eigenvalue weighted by molar-refractivity contribution is 7.89. The van der Waals surface area contributed by atoms with E-state index in [0.29, 0.717) is 23.3 Å². The van der Waals surface area contributed by atoms with Crippen LogP contribution in [0.1, 0.15) is 24.3 Å². The van der Waals surface area contributed by atoms with Crippen molar-refractivity contribution >= 4 is 27.3 Å². The molecule has 25 heavy (non-hydrogen) atoms. The second kappa shape index (κ2) is 6.85. The Morgan fingerprint density at radius 3 is 2.56 bits per heavy atom. The van der Waals surface area contributed by atoms with Gasteiger partial charge in [0.25, 0.3) is 5.91 Å². The smallest absolute Gasteiger partial charge is 0.251 e. The first kappa shape index (κ1) is 18.0. The van der Waals surface area contributed by atoms with Gasteiger partial charge in [0.15, 0.2) is 10.6 Å². The molecule has 3 rings (SSSR count). The van der Waals surface area contributed by atoms with Crippen LogP contribution in [0.2, 0.25) is 0 Å². The Bertz CT molecular complexity index is 927. The van der Waals surface area contributed by atoms with Gasteiger partial charge in [0.1, 0.15) is 10.6 Å². The molecule has 0 unspecified atom stereocenters. The maximum Gasteiger partial charge on any atom is 0.251 e. The first-order valence-corrected chi connectivity index (χ1v) is 10.2. The van der Waals surface area contributed by atoms with Gasteiger partial charge in [-0.2, -0.15) is 9.30 Å². The van der Waals surface area contributed by atoms with Gasteiger partial charge in [0, 0.05) is 37.6 Å². The fraction of sp³-hybridized carbons (Fsp3) is 0.533. The Morgan fingerprint density at radius 2 is 2.04 bits per heavy atom. The van der Waals surface area contributed by atoms with Crippen molar-refractivity contribution in [1.82, 2.24) is 14.0 Å². The summed E-state index contributed by atoms with van der Waals surface area (Å²) < 4.78 is 33.7. The summed E-state index contributed by atoms with van der Waals surface area (Å²) in [5.74, 6) is -0.151. The number of hydrogen-bond donors (Lipinski definition) is 0. The molecule has 136 valence electrons. The molecule has 1 saturated heterocycles. The molecule has 1 fully saturated rings. The molecule has 1 aliphatic rings. The van der Waals surface area contributed by atoms with Crippen LogP contribution in [0.25, 0.3) is 0 Å². The van der Waals surface area contributed by atoms with Gasteiger partial charge in [0.2, 0.25) is 10.0 Å². The van der Waals surface area contributed by atoms with Gasteiger partial charge in [-0.15, -0.1) is 11.3 Å². The zero-order chi connectivity index (χ0) is 18.2. The van der Waals surface area contributed by atoms with Gasteiger partial charge in [-0.25, -0.2) is 8.42 Å². The maximum absolute atomic E-state index is 12.8. The number of sulfonamides is 1. The molecule has 0 aromatic carbocycles. The average Bonchev–Trinajstić information content (AvgIpc) is 3.13. The number of carbonyl (C=O) groups is 1. The Labute approximate surface area is 149 Å². The predicted octanol–water partition coefficient (Wildman–Crippen LogP) is 1.22. The molecule has 3 heterocycles. The van der Waals surface area contributed by atoms with E-state index in [1.165, 1.54) is 15.6 Å². The van der Waals surface area contributed by atoms with Gasteiger partial charge in [-0.1, -0.05) is 5.16 Å². The molecule has 0 N–H and O–H groups in total. The van der Waals surface area contributed by atoms with Crippen molar-refractivity contribution in [2.75, 3.05) is 13.1 Å². The van der Waals surface area contributed by atoms with Crippen molar-refractivity contribution in [3.63, 3.8) is 0 Å². The van der Waals surface area contributed by atoms with Crippen LogP contribution in [0.5, 0.6) is 0 Å². The number of nitrogens with zero attached hydrogens (tertiary/aromatic N) is 4. The summed E-state index contributed by atoms with van der Waals surface area (Å²) in [5.41, 5.74) is 0.357. The SMILES string of the molecule is Cc1noc(C)c1S(=O)(=O)N1CCC(C(=O)N=c2sccn2C)CC1. The number of rotatable bonds is 3. The number of hydrogen-bond acceptors (Lipinski definition) is 6. The molecule has 2 aromatic heterocycles. The van der Waals surface area contributed by atoms with E-state index in [1.807, 2.05) is 18.6 Å². The molecule has 0 atom stereocenters. The Morgan fingerprint density at radius 1 is 1.36 bits per heavy atom. The molecular formula is C15H20N4O4S2. The zero-order valence-corrected chi connectivity index (χ0v) is 15.9.